The monoisotopic (exact) mass is 329 g/mol. The molecule has 92 valence electrons. The van der Waals surface area contributed by atoms with Crippen LogP contribution in [0.2, 0.25) is 5.28 Å². The second-order valence-electron chi connectivity index (χ2n) is 3.14. The second kappa shape index (κ2) is 5.28. The van der Waals surface area contributed by atoms with Crippen molar-refractivity contribution in [2.24, 2.45) is 0 Å². The van der Waals surface area contributed by atoms with Gasteiger partial charge in [0.15, 0.2) is 5.75 Å². The van der Waals surface area contributed by atoms with E-state index < -0.39 is 4.92 Å². The second-order valence-corrected chi connectivity index (χ2v) is 4.33. The average Bonchev–Trinajstić information content (AvgIpc) is 2.31. The van der Waals surface area contributed by atoms with Crippen molar-refractivity contribution in [2.75, 3.05) is 0 Å². The van der Waals surface area contributed by atoms with Crippen LogP contribution in [0.4, 0.5) is 5.69 Å². The molecule has 0 fully saturated rings. The van der Waals surface area contributed by atoms with Crippen molar-refractivity contribution in [3.63, 3.8) is 0 Å². The number of hydrogen-bond acceptors (Lipinski definition) is 5. The van der Waals surface area contributed by atoms with E-state index in [1.54, 1.807) is 0 Å². The Kier molecular flexibility index (Phi) is 3.73. The predicted molar refractivity (Wildman–Crippen MR) is 67.9 cm³/mol. The van der Waals surface area contributed by atoms with E-state index in [0.29, 0.717) is 4.47 Å². The molecule has 8 heteroatoms. The Bertz CT molecular complexity index is 609. The molecular formula is C10H5BrClN3O3. The first-order valence-corrected chi connectivity index (χ1v) is 5.83. The fraction of sp³-hybridized carbons (Fsp3) is 0. The molecular weight excluding hydrogens is 325 g/mol. The number of hydrogen-bond donors (Lipinski definition) is 0. The van der Waals surface area contributed by atoms with Gasteiger partial charge in [0, 0.05) is 18.3 Å². The van der Waals surface area contributed by atoms with Gasteiger partial charge in [-0.25, -0.2) is 4.98 Å². The van der Waals surface area contributed by atoms with Gasteiger partial charge in [-0.3, -0.25) is 10.1 Å². The minimum absolute atomic E-state index is 0.0362. The molecule has 0 radical (unpaired) electrons. The highest BCUT2D eigenvalue weighted by Gasteiger charge is 2.11. The Morgan fingerprint density at radius 1 is 1.39 bits per heavy atom. The summed E-state index contributed by atoms with van der Waals surface area (Å²) in [5.41, 5.74) is -0.0756. The van der Waals surface area contributed by atoms with Gasteiger partial charge in [0.25, 0.3) is 5.69 Å². The minimum atomic E-state index is -0.508. The van der Waals surface area contributed by atoms with Crippen LogP contribution >= 0.6 is 27.5 Å². The molecule has 1 aromatic carbocycles. The zero-order valence-corrected chi connectivity index (χ0v) is 11.1. The number of rotatable bonds is 3. The first-order valence-electron chi connectivity index (χ1n) is 4.66. The summed E-state index contributed by atoms with van der Waals surface area (Å²) in [6, 6.07) is 5.68. The Morgan fingerprint density at radius 2 is 2.17 bits per heavy atom. The largest absolute Gasteiger partial charge is 0.437 e. The van der Waals surface area contributed by atoms with Crippen LogP contribution in [0.25, 0.3) is 0 Å². The molecule has 0 aliphatic rings. The molecule has 0 aliphatic heterocycles. The molecule has 1 aromatic heterocycles. The van der Waals surface area contributed by atoms with E-state index in [-0.39, 0.29) is 22.6 Å². The predicted octanol–water partition coefficient (Wildman–Crippen LogP) is 3.59. The summed E-state index contributed by atoms with van der Waals surface area (Å²) in [5, 5.41) is 10.7. The van der Waals surface area contributed by atoms with Gasteiger partial charge in [-0.1, -0.05) is 0 Å². The Hall–Kier alpha value is -1.73. The van der Waals surface area contributed by atoms with Crippen LogP contribution in [0.1, 0.15) is 0 Å². The molecule has 2 aromatic rings. The van der Waals surface area contributed by atoms with Gasteiger partial charge < -0.3 is 4.74 Å². The Labute approximate surface area is 115 Å². The minimum Gasteiger partial charge on any atom is -0.437 e. The maximum Gasteiger partial charge on any atom is 0.273 e. The van der Waals surface area contributed by atoms with Gasteiger partial charge in [-0.2, -0.15) is 4.98 Å². The highest BCUT2D eigenvalue weighted by atomic mass is 79.9. The summed E-state index contributed by atoms with van der Waals surface area (Å²) in [6.45, 7) is 0. The molecule has 0 amide bonds. The molecule has 0 spiro atoms. The number of aromatic nitrogens is 2. The fourth-order valence-corrected chi connectivity index (χ4v) is 1.64. The smallest absolute Gasteiger partial charge is 0.273 e. The molecule has 6 nitrogen and oxygen atoms in total. The van der Waals surface area contributed by atoms with Crippen LogP contribution < -0.4 is 4.74 Å². The molecule has 0 saturated carbocycles. The summed E-state index contributed by atoms with van der Waals surface area (Å²) in [4.78, 5) is 17.7. The molecule has 0 atom stereocenters. The third-order valence-electron chi connectivity index (χ3n) is 1.94. The van der Waals surface area contributed by atoms with Crippen molar-refractivity contribution in [3.05, 3.63) is 50.3 Å². The number of benzene rings is 1. The zero-order chi connectivity index (χ0) is 13.1. The lowest BCUT2D eigenvalue weighted by Gasteiger charge is -2.06. The topological polar surface area (TPSA) is 78.2 Å². The van der Waals surface area contributed by atoms with Crippen LogP contribution in [0.15, 0.2) is 34.9 Å². The van der Waals surface area contributed by atoms with E-state index >= 15 is 0 Å². The quantitative estimate of drug-likeness (QED) is 0.488. The van der Waals surface area contributed by atoms with Crippen molar-refractivity contribution >= 4 is 33.2 Å². The van der Waals surface area contributed by atoms with Crippen LogP contribution in [0.5, 0.6) is 11.6 Å². The van der Waals surface area contributed by atoms with Gasteiger partial charge in [-0.05, 0) is 33.6 Å². The van der Waals surface area contributed by atoms with Crippen LogP contribution in [-0.4, -0.2) is 14.9 Å². The van der Waals surface area contributed by atoms with E-state index in [2.05, 4.69) is 25.9 Å². The van der Waals surface area contributed by atoms with Crippen molar-refractivity contribution in [2.45, 2.75) is 0 Å². The van der Waals surface area contributed by atoms with Crippen LogP contribution in [0, 0.1) is 10.1 Å². The number of nitro groups is 1. The first-order chi connectivity index (χ1) is 8.56. The van der Waals surface area contributed by atoms with Crippen molar-refractivity contribution in [1.82, 2.24) is 9.97 Å². The van der Waals surface area contributed by atoms with Crippen molar-refractivity contribution < 1.29 is 9.66 Å². The number of nitro benzene ring substituents is 1. The summed E-state index contributed by atoms with van der Waals surface area (Å²) in [6.07, 6.45) is 1.43. The Balaban J connectivity index is 2.33. The fourth-order valence-electron chi connectivity index (χ4n) is 1.17. The molecule has 0 unspecified atom stereocenters. The highest BCUT2D eigenvalue weighted by molar-refractivity contribution is 9.10. The lowest BCUT2D eigenvalue weighted by Crippen LogP contribution is -1.93. The number of ether oxygens (including phenoxy) is 1. The van der Waals surface area contributed by atoms with E-state index in [1.807, 2.05) is 0 Å². The molecule has 0 aliphatic carbocycles. The summed E-state index contributed by atoms with van der Waals surface area (Å²) in [5.74, 6) is 0.482. The lowest BCUT2D eigenvalue weighted by atomic mass is 10.3. The molecule has 18 heavy (non-hydrogen) atoms. The molecule has 0 bridgehead atoms. The van der Waals surface area contributed by atoms with Gasteiger partial charge in [0.1, 0.15) is 0 Å². The molecule has 1 heterocycles. The van der Waals surface area contributed by atoms with Crippen molar-refractivity contribution in [3.8, 4) is 11.6 Å². The number of nitrogens with zero attached hydrogens (tertiary/aromatic N) is 3. The summed E-state index contributed by atoms with van der Waals surface area (Å²) < 4.78 is 5.97. The van der Waals surface area contributed by atoms with E-state index in [1.165, 1.54) is 30.5 Å². The van der Waals surface area contributed by atoms with Crippen LogP contribution in [0.3, 0.4) is 0 Å². The van der Waals surface area contributed by atoms with Crippen LogP contribution in [-0.2, 0) is 0 Å². The maximum absolute atomic E-state index is 10.7. The van der Waals surface area contributed by atoms with Gasteiger partial charge in [-0.15, -0.1) is 0 Å². The van der Waals surface area contributed by atoms with E-state index in [0.717, 1.165) is 0 Å². The molecule has 2 rings (SSSR count). The van der Waals surface area contributed by atoms with Gasteiger partial charge in [0.05, 0.1) is 15.5 Å². The molecule has 0 N–H and O–H groups in total. The van der Waals surface area contributed by atoms with Crippen molar-refractivity contribution in [1.29, 1.82) is 0 Å². The van der Waals surface area contributed by atoms with Gasteiger partial charge >= 0.3 is 0 Å². The standard InChI is InChI=1S/C10H5BrClN3O3/c11-7-2-1-6(15(16)17)5-8(7)18-9-3-4-13-10(12)14-9/h1-5H. The SMILES string of the molecule is O=[N+]([O-])c1ccc(Br)c(Oc2ccnc(Cl)n2)c1. The first kappa shape index (κ1) is 12.7. The number of non-ortho nitro benzene ring substituents is 1. The normalized spacial score (nSPS) is 10.1. The maximum atomic E-state index is 10.7. The highest BCUT2D eigenvalue weighted by Crippen LogP contribution is 2.32. The Morgan fingerprint density at radius 3 is 2.83 bits per heavy atom. The lowest BCUT2D eigenvalue weighted by molar-refractivity contribution is -0.384. The summed E-state index contributed by atoms with van der Waals surface area (Å²) in [7, 11) is 0. The van der Waals surface area contributed by atoms with E-state index in [9.17, 15) is 10.1 Å². The molecule has 0 saturated heterocycles. The summed E-state index contributed by atoms with van der Waals surface area (Å²) >= 11 is 8.84. The number of halogens is 2. The average molecular weight is 331 g/mol. The zero-order valence-electron chi connectivity index (χ0n) is 8.71. The van der Waals surface area contributed by atoms with Gasteiger partial charge in [0.2, 0.25) is 11.2 Å². The third-order valence-corrected chi connectivity index (χ3v) is 2.78. The van der Waals surface area contributed by atoms with E-state index in [4.69, 9.17) is 16.3 Å². The third kappa shape index (κ3) is 2.93.